The lowest BCUT2D eigenvalue weighted by molar-refractivity contribution is 1.19. The van der Waals surface area contributed by atoms with Crippen LogP contribution in [0.1, 0.15) is 33.4 Å². The molecular formula is C29H24. The summed E-state index contributed by atoms with van der Waals surface area (Å²) in [5, 5.41) is 0. The number of rotatable bonds is 6. The fourth-order valence-corrected chi connectivity index (χ4v) is 3.24. The Balaban J connectivity index is 1.36. The second-order valence-electron chi connectivity index (χ2n) is 7.15. The molecule has 0 saturated carbocycles. The molecule has 0 heteroatoms. The van der Waals surface area contributed by atoms with Crippen molar-refractivity contribution in [2.24, 2.45) is 0 Å². The molecule has 0 saturated heterocycles. The van der Waals surface area contributed by atoms with E-state index >= 15 is 0 Å². The van der Waals surface area contributed by atoms with E-state index in [1.54, 1.807) is 0 Å². The van der Waals surface area contributed by atoms with E-state index in [2.05, 4.69) is 121 Å². The molecule has 0 bridgehead atoms. The Bertz CT molecular complexity index is 977. The highest BCUT2D eigenvalue weighted by atomic mass is 14.0. The van der Waals surface area contributed by atoms with Crippen molar-refractivity contribution in [3.05, 3.63) is 143 Å². The maximum Gasteiger partial charge on any atom is -0.00258 e. The minimum absolute atomic E-state index is 0.950. The van der Waals surface area contributed by atoms with Gasteiger partial charge in [0.2, 0.25) is 0 Å². The first-order valence-electron chi connectivity index (χ1n) is 9.99. The van der Waals surface area contributed by atoms with Crippen LogP contribution in [-0.2, 0) is 6.42 Å². The molecule has 0 N–H and O–H groups in total. The van der Waals surface area contributed by atoms with Gasteiger partial charge in [0, 0.05) is 0 Å². The molecule has 4 rings (SSSR count). The first kappa shape index (κ1) is 18.7. The third kappa shape index (κ3) is 5.67. The fraction of sp³-hybridized carbons (Fsp3) is 0.0345. The molecular weight excluding hydrogens is 348 g/mol. The summed E-state index contributed by atoms with van der Waals surface area (Å²) in [5.74, 6) is 0. The average Bonchev–Trinajstić information content (AvgIpc) is 2.80. The predicted octanol–water partition coefficient (Wildman–Crippen LogP) is 7.62. The third-order valence-electron chi connectivity index (χ3n) is 4.90. The minimum Gasteiger partial charge on any atom is -0.0622 e. The zero-order chi connectivity index (χ0) is 19.7. The monoisotopic (exact) mass is 372 g/mol. The maximum atomic E-state index is 2.22. The lowest BCUT2D eigenvalue weighted by Crippen LogP contribution is -1.88. The van der Waals surface area contributed by atoms with E-state index in [1.807, 2.05) is 12.1 Å². The summed E-state index contributed by atoms with van der Waals surface area (Å²) in [5.41, 5.74) is 7.54. The van der Waals surface area contributed by atoms with E-state index in [0.29, 0.717) is 0 Å². The summed E-state index contributed by atoms with van der Waals surface area (Å²) < 4.78 is 0. The minimum atomic E-state index is 0.950. The van der Waals surface area contributed by atoms with Crippen LogP contribution < -0.4 is 0 Å². The van der Waals surface area contributed by atoms with Gasteiger partial charge in [-0.2, -0.15) is 0 Å². The Morgan fingerprint density at radius 3 is 1.00 bits per heavy atom. The molecule has 0 heterocycles. The molecule has 0 aliphatic rings. The highest BCUT2D eigenvalue weighted by Gasteiger charge is 1.97. The van der Waals surface area contributed by atoms with E-state index < -0.39 is 0 Å². The Morgan fingerprint density at radius 2 is 0.655 bits per heavy atom. The molecule has 0 fully saturated rings. The topological polar surface area (TPSA) is 0 Å². The molecule has 0 nitrogen and oxygen atoms in total. The number of hydrogen-bond acceptors (Lipinski definition) is 0. The molecule has 0 spiro atoms. The highest BCUT2D eigenvalue weighted by Crippen LogP contribution is 2.15. The molecule has 29 heavy (non-hydrogen) atoms. The van der Waals surface area contributed by atoms with Crippen LogP contribution in [0.15, 0.2) is 109 Å². The third-order valence-corrected chi connectivity index (χ3v) is 4.90. The maximum absolute atomic E-state index is 2.22. The molecule has 0 aliphatic carbocycles. The summed E-state index contributed by atoms with van der Waals surface area (Å²) in [6, 6.07) is 38.4. The lowest BCUT2D eigenvalue weighted by Gasteiger charge is -2.04. The summed E-state index contributed by atoms with van der Waals surface area (Å²) >= 11 is 0. The smallest absolute Gasteiger partial charge is 0.00258 e. The summed E-state index contributed by atoms with van der Waals surface area (Å²) in [4.78, 5) is 0. The van der Waals surface area contributed by atoms with Crippen molar-refractivity contribution in [2.75, 3.05) is 0 Å². The second-order valence-corrected chi connectivity index (χ2v) is 7.15. The molecule has 0 amide bonds. The van der Waals surface area contributed by atoms with E-state index in [0.717, 1.165) is 6.42 Å². The van der Waals surface area contributed by atoms with Crippen molar-refractivity contribution in [3.63, 3.8) is 0 Å². The Kier molecular flexibility index (Phi) is 6.14. The molecule has 140 valence electrons. The number of hydrogen-bond donors (Lipinski definition) is 0. The van der Waals surface area contributed by atoms with Crippen molar-refractivity contribution in [3.8, 4) is 0 Å². The van der Waals surface area contributed by atoms with Crippen LogP contribution in [0.2, 0.25) is 0 Å². The molecule has 4 aromatic carbocycles. The van der Waals surface area contributed by atoms with E-state index in [4.69, 9.17) is 0 Å². The largest absolute Gasteiger partial charge is 0.0622 e. The van der Waals surface area contributed by atoms with Crippen molar-refractivity contribution >= 4 is 24.3 Å². The summed E-state index contributed by atoms with van der Waals surface area (Å²) in [6.45, 7) is 0. The lowest BCUT2D eigenvalue weighted by atomic mass is 10.0. The SMILES string of the molecule is C(=Cc1ccc(Cc2ccc(C=Cc3ccccc3)cc2)cc1)c1ccccc1. The standard InChI is InChI=1S/C29H24/c1-3-7-24(8-4-1)11-13-26-15-19-28(20-16-26)23-29-21-17-27(18-22-29)14-12-25-9-5-2-6-10-25/h1-22H,23H2. The van der Waals surface area contributed by atoms with Gasteiger partial charge in [-0.15, -0.1) is 0 Å². The predicted molar refractivity (Wildman–Crippen MR) is 126 cm³/mol. The van der Waals surface area contributed by atoms with Crippen LogP contribution in [-0.4, -0.2) is 0 Å². The number of benzene rings is 4. The Morgan fingerprint density at radius 1 is 0.345 bits per heavy atom. The Hall–Kier alpha value is -3.64. The zero-order valence-electron chi connectivity index (χ0n) is 16.4. The highest BCUT2D eigenvalue weighted by molar-refractivity contribution is 5.70. The van der Waals surface area contributed by atoms with Crippen LogP contribution in [0.4, 0.5) is 0 Å². The van der Waals surface area contributed by atoms with Gasteiger partial charge in [0.1, 0.15) is 0 Å². The van der Waals surface area contributed by atoms with Gasteiger partial charge in [-0.1, -0.05) is 133 Å². The van der Waals surface area contributed by atoms with E-state index in [1.165, 1.54) is 33.4 Å². The summed E-state index contributed by atoms with van der Waals surface area (Å²) in [6.07, 6.45) is 9.57. The van der Waals surface area contributed by atoms with Gasteiger partial charge in [0.25, 0.3) is 0 Å². The van der Waals surface area contributed by atoms with Gasteiger partial charge in [0.15, 0.2) is 0 Å². The molecule has 0 aliphatic heterocycles. The van der Waals surface area contributed by atoms with Crippen LogP contribution >= 0.6 is 0 Å². The zero-order valence-corrected chi connectivity index (χ0v) is 16.4. The first-order chi connectivity index (χ1) is 14.3. The van der Waals surface area contributed by atoms with E-state index in [9.17, 15) is 0 Å². The summed E-state index contributed by atoms with van der Waals surface area (Å²) in [7, 11) is 0. The van der Waals surface area contributed by atoms with Crippen LogP contribution in [0.3, 0.4) is 0 Å². The molecule has 4 aromatic rings. The molecule has 0 radical (unpaired) electrons. The second kappa shape index (κ2) is 9.52. The Labute approximate surface area is 173 Å². The van der Waals surface area contributed by atoms with Crippen molar-refractivity contribution in [2.45, 2.75) is 6.42 Å². The van der Waals surface area contributed by atoms with Gasteiger partial charge in [-0.3, -0.25) is 0 Å². The van der Waals surface area contributed by atoms with Crippen LogP contribution in [0, 0.1) is 0 Å². The average molecular weight is 373 g/mol. The quantitative estimate of drug-likeness (QED) is 0.305. The van der Waals surface area contributed by atoms with Gasteiger partial charge in [-0.25, -0.2) is 0 Å². The molecule has 0 atom stereocenters. The normalized spacial score (nSPS) is 11.3. The van der Waals surface area contributed by atoms with Gasteiger partial charge in [0.05, 0.1) is 0 Å². The van der Waals surface area contributed by atoms with Gasteiger partial charge in [-0.05, 0) is 39.8 Å². The van der Waals surface area contributed by atoms with E-state index in [-0.39, 0.29) is 0 Å². The molecule has 0 aromatic heterocycles. The molecule has 0 unspecified atom stereocenters. The van der Waals surface area contributed by atoms with Crippen molar-refractivity contribution in [1.82, 2.24) is 0 Å². The van der Waals surface area contributed by atoms with Crippen molar-refractivity contribution < 1.29 is 0 Å². The van der Waals surface area contributed by atoms with Crippen LogP contribution in [0.5, 0.6) is 0 Å². The van der Waals surface area contributed by atoms with Crippen molar-refractivity contribution in [1.29, 1.82) is 0 Å². The van der Waals surface area contributed by atoms with Gasteiger partial charge >= 0.3 is 0 Å². The van der Waals surface area contributed by atoms with Gasteiger partial charge < -0.3 is 0 Å². The first-order valence-corrected chi connectivity index (χ1v) is 9.99. The fourth-order valence-electron chi connectivity index (χ4n) is 3.24. The van der Waals surface area contributed by atoms with Crippen LogP contribution in [0.25, 0.3) is 24.3 Å².